The Labute approximate surface area is 174 Å². The molecule has 2 aromatic heterocycles. The molecule has 2 aliphatic rings. The second-order valence-corrected chi connectivity index (χ2v) is 9.58. The van der Waals surface area contributed by atoms with Crippen LogP contribution in [0.1, 0.15) is 57.1 Å². The SMILES string of the molecule is O=C(NCc1csc(-c2cccs2)n1)C1CCCN1C(=O)CCC1CCCC1. The maximum atomic E-state index is 12.7. The van der Waals surface area contributed by atoms with E-state index in [2.05, 4.69) is 16.4 Å². The van der Waals surface area contributed by atoms with E-state index in [1.807, 2.05) is 21.7 Å². The molecule has 2 fully saturated rings. The number of hydrogen-bond donors (Lipinski definition) is 1. The van der Waals surface area contributed by atoms with Crippen molar-refractivity contribution < 1.29 is 9.59 Å². The molecular formula is C21H27N3O2S2. The summed E-state index contributed by atoms with van der Waals surface area (Å²) in [6.45, 7) is 1.13. The Morgan fingerprint density at radius 3 is 2.82 bits per heavy atom. The van der Waals surface area contributed by atoms with Crippen molar-refractivity contribution in [3.8, 4) is 9.88 Å². The summed E-state index contributed by atoms with van der Waals surface area (Å²) in [5, 5.41) is 8.02. The molecule has 1 aliphatic carbocycles. The Bertz CT molecular complexity index is 796. The van der Waals surface area contributed by atoms with Crippen molar-refractivity contribution in [2.45, 2.75) is 64.0 Å². The van der Waals surface area contributed by atoms with E-state index < -0.39 is 0 Å². The van der Waals surface area contributed by atoms with Gasteiger partial charge in [0.2, 0.25) is 11.8 Å². The molecule has 0 bridgehead atoms. The van der Waals surface area contributed by atoms with Crippen LogP contribution in [0.5, 0.6) is 0 Å². The minimum Gasteiger partial charge on any atom is -0.349 e. The minimum absolute atomic E-state index is 0.0441. The van der Waals surface area contributed by atoms with Gasteiger partial charge in [-0.3, -0.25) is 9.59 Å². The van der Waals surface area contributed by atoms with Crippen molar-refractivity contribution >= 4 is 34.5 Å². The maximum absolute atomic E-state index is 12.7. The van der Waals surface area contributed by atoms with Crippen molar-refractivity contribution in [1.82, 2.24) is 15.2 Å². The molecule has 1 unspecified atom stereocenters. The van der Waals surface area contributed by atoms with Crippen molar-refractivity contribution in [2.24, 2.45) is 5.92 Å². The van der Waals surface area contributed by atoms with Crippen molar-refractivity contribution in [3.63, 3.8) is 0 Å². The number of nitrogens with zero attached hydrogens (tertiary/aromatic N) is 2. The van der Waals surface area contributed by atoms with Crippen LogP contribution in [0.2, 0.25) is 0 Å². The largest absolute Gasteiger partial charge is 0.349 e. The van der Waals surface area contributed by atoms with Gasteiger partial charge < -0.3 is 10.2 Å². The fraction of sp³-hybridized carbons (Fsp3) is 0.571. The molecule has 0 spiro atoms. The Hall–Kier alpha value is -1.73. The van der Waals surface area contributed by atoms with Crippen molar-refractivity contribution in [3.05, 3.63) is 28.6 Å². The van der Waals surface area contributed by atoms with E-state index in [9.17, 15) is 9.59 Å². The Morgan fingerprint density at radius 2 is 2.04 bits per heavy atom. The number of thiophene rings is 1. The van der Waals surface area contributed by atoms with Gasteiger partial charge in [0.1, 0.15) is 11.0 Å². The summed E-state index contributed by atoms with van der Waals surface area (Å²) in [4.78, 5) is 32.9. The quantitative estimate of drug-likeness (QED) is 0.724. The lowest BCUT2D eigenvalue weighted by atomic mass is 10.0. The van der Waals surface area contributed by atoms with Gasteiger partial charge in [-0.1, -0.05) is 31.7 Å². The van der Waals surface area contributed by atoms with Crippen molar-refractivity contribution in [2.75, 3.05) is 6.54 Å². The Morgan fingerprint density at radius 1 is 1.18 bits per heavy atom. The van der Waals surface area contributed by atoms with Gasteiger partial charge in [0.25, 0.3) is 0 Å². The number of carbonyl (C=O) groups excluding carboxylic acids is 2. The molecule has 1 atom stereocenters. The molecule has 4 rings (SSSR count). The summed E-state index contributed by atoms with van der Waals surface area (Å²) < 4.78 is 0. The average Bonchev–Trinajstić information content (AvgIpc) is 3.50. The standard InChI is InChI=1S/C21H27N3O2S2/c25-19(10-9-15-5-1-2-6-15)24-11-3-7-17(24)20(26)22-13-16-14-28-21(23-16)18-8-4-12-27-18/h4,8,12,14-15,17H,1-3,5-7,9-11,13H2,(H,22,26). The molecular weight excluding hydrogens is 390 g/mol. The number of amides is 2. The summed E-state index contributed by atoms with van der Waals surface area (Å²) in [6, 6.07) is 3.76. The van der Waals surface area contributed by atoms with Crippen LogP contribution in [0.15, 0.2) is 22.9 Å². The summed E-state index contributed by atoms with van der Waals surface area (Å²) in [7, 11) is 0. The third-order valence-corrected chi connectivity index (χ3v) is 7.77. The molecule has 2 aromatic rings. The zero-order chi connectivity index (χ0) is 19.3. The highest BCUT2D eigenvalue weighted by molar-refractivity contribution is 7.20. The lowest BCUT2D eigenvalue weighted by molar-refractivity contribution is -0.138. The number of aromatic nitrogens is 1. The third kappa shape index (κ3) is 4.63. The topological polar surface area (TPSA) is 62.3 Å². The van der Waals surface area contributed by atoms with Gasteiger partial charge >= 0.3 is 0 Å². The van der Waals surface area contributed by atoms with Gasteiger partial charge in [0.15, 0.2) is 0 Å². The second-order valence-electron chi connectivity index (χ2n) is 7.77. The molecule has 5 nitrogen and oxygen atoms in total. The molecule has 1 saturated carbocycles. The highest BCUT2D eigenvalue weighted by Gasteiger charge is 2.34. The average molecular weight is 418 g/mol. The number of likely N-dealkylation sites (tertiary alicyclic amines) is 1. The predicted octanol–water partition coefficient (Wildman–Crippen LogP) is 4.45. The maximum Gasteiger partial charge on any atom is 0.243 e. The molecule has 0 aromatic carbocycles. The van der Waals surface area contributed by atoms with Crippen LogP contribution in [0.25, 0.3) is 9.88 Å². The molecule has 0 radical (unpaired) electrons. The van der Waals surface area contributed by atoms with Crippen LogP contribution in [-0.4, -0.2) is 34.3 Å². The summed E-state index contributed by atoms with van der Waals surface area (Å²) in [6.07, 6.45) is 8.37. The monoisotopic (exact) mass is 417 g/mol. The lowest BCUT2D eigenvalue weighted by Crippen LogP contribution is -2.45. The van der Waals surface area contributed by atoms with E-state index in [-0.39, 0.29) is 17.9 Å². The normalized spacial score (nSPS) is 20.0. The first kappa shape index (κ1) is 19.6. The number of rotatable bonds is 7. The molecule has 150 valence electrons. The predicted molar refractivity (Wildman–Crippen MR) is 113 cm³/mol. The van der Waals surface area contributed by atoms with E-state index >= 15 is 0 Å². The zero-order valence-corrected chi connectivity index (χ0v) is 17.7. The summed E-state index contributed by atoms with van der Waals surface area (Å²) in [5.74, 6) is 0.816. The first-order valence-electron chi connectivity index (χ1n) is 10.3. The van der Waals surface area contributed by atoms with E-state index in [4.69, 9.17) is 0 Å². The second kappa shape index (κ2) is 9.18. The van der Waals surface area contributed by atoms with Gasteiger partial charge in [-0.2, -0.15) is 0 Å². The van der Waals surface area contributed by atoms with E-state index in [0.717, 1.165) is 34.8 Å². The first-order chi connectivity index (χ1) is 13.7. The molecule has 1 saturated heterocycles. The highest BCUT2D eigenvalue weighted by Crippen LogP contribution is 2.30. The number of nitrogens with one attached hydrogen (secondary N) is 1. The highest BCUT2D eigenvalue weighted by atomic mass is 32.1. The van der Waals surface area contributed by atoms with E-state index in [1.165, 1.54) is 25.7 Å². The minimum atomic E-state index is -0.313. The molecule has 2 amide bonds. The number of carbonyl (C=O) groups is 2. The fourth-order valence-electron chi connectivity index (χ4n) is 4.31. The van der Waals surface area contributed by atoms with Crippen LogP contribution < -0.4 is 5.32 Å². The molecule has 1 N–H and O–H groups in total. The zero-order valence-electron chi connectivity index (χ0n) is 16.1. The smallest absolute Gasteiger partial charge is 0.243 e. The molecule has 1 aliphatic heterocycles. The van der Waals surface area contributed by atoms with Gasteiger partial charge in [-0.25, -0.2) is 4.98 Å². The van der Waals surface area contributed by atoms with Crippen molar-refractivity contribution in [1.29, 1.82) is 0 Å². The van der Waals surface area contributed by atoms with Crippen LogP contribution in [-0.2, 0) is 16.1 Å². The molecule has 3 heterocycles. The first-order valence-corrected chi connectivity index (χ1v) is 12.0. The van der Waals surface area contributed by atoms with E-state index in [0.29, 0.717) is 25.4 Å². The Balaban J connectivity index is 1.28. The van der Waals surface area contributed by atoms with Gasteiger partial charge in [0.05, 0.1) is 17.1 Å². The number of hydrogen-bond acceptors (Lipinski definition) is 5. The van der Waals surface area contributed by atoms with Crippen LogP contribution >= 0.6 is 22.7 Å². The summed E-state index contributed by atoms with van der Waals surface area (Å²) in [5.41, 5.74) is 0.874. The molecule has 28 heavy (non-hydrogen) atoms. The van der Waals surface area contributed by atoms with E-state index in [1.54, 1.807) is 22.7 Å². The fourth-order valence-corrected chi connectivity index (χ4v) is 5.94. The van der Waals surface area contributed by atoms with Crippen LogP contribution in [0, 0.1) is 5.92 Å². The lowest BCUT2D eigenvalue weighted by Gasteiger charge is -2.24. The van der Waals surface area contributed by atoms with Crippen LogP contribution in [0.4, 0.5) is 0 Å². The third-order valence-electron chi connectivity index (χ3n) is 5.84. The van der Waals surface area contributed by atoms with Gasteiger partial charge in [-0.05, 0) is 36.6 Å². The van der Waals surface area contributed by atoms with Crippen LogP contribution in [0.3, 0.4) is 0 Å². The Kier molecular flexibility index (Phi) is 6.42. The molecule has 7 heteroatoms. The number of thiazole rings is 1. The van der Waals surface area contributed by atoms with Gasteiger partial charge in [-0.15, -0.1) is 22.7 Å². The van der Waals surface area contributed by atoms with Gasteiger partial charge in [0, 0.05) is 18.3 Å². The summed E-state index contributed by atoms with van der Waals surface area (Å²) >= 11 is 3.27.